The van der Waals surface area contributed by atoms with Crippen molar-refractivity contribution in [3.63, 3.8) is 0 Å². The van der Waals surface area contributed by atoms with E-state index in [0.29, 0.717) is 16.3 Å². The quantitative estimate of drug-likeness (QED) is 0.845. The van der Waals surface area contributed by atoms with Crippen LogP contribution in [0.3, 0.4) is 0 Å². The molecule has 0 fully saturated rings. The monoisotopic (exact) mass is 343 g/mol. The number of rotatable bonds is 3. The van der Waals surface area contributed by atoms with Crippen molar-refractivity contribution in [1.82, 2.24) is 0 Å². The lowest BCUT2D eigenvalue weighted by Gasteiger charge is -2.11. The highest BCUT2D eigenvalue weighted by Gasteiger charge is 2.10. The normalized spacial score (nSPS) is 12.3. The average Bonchev–Trinajstić information content (AvgIpc) is 2.36. The molecule has 2 nitrogen and oxygen atoms in total. The summed E-state index contributed by atoms with van der Waals surface area (Å²) < 4.78 is 20.2. The van der Waals surface area contributed by atoms with Gasteiger partial charge in [0.2, 0.25) is 0 Å². The average molecular weight is 345 g/mol. The maximum absolute atomic E-state index is 13.9. The number of benzene rings is 2. The summed E-state index contributed by atoms with van der Waals surface area (Å²) in [5, 5.41) is 0.416. The van der Waals surface area contributed by atoms with E-state index in [1.807, 2.05) is 0 Å². The molecule has 1 atom stereocenters. The Labute approximate surface area is 124 Å². The van der Waals surface area contributed by atoms with Gasteiger partial charge in [0.25, 0.3) is 0 Å². The third-order valence-electron chi connectivity index (χ3n) is 2.59. The molecule has 0 aliphatic heterocycles. The fourth-order valence-electron chi connectivity index (χ4n) is 1.56. The maximum atomic E-state index is 13.9. The second kappa shape index (κ2) is 5.90. The van der Waals surface area contributed by atoms with Gasteiger partial charge < -0.3 is 10.5 Å². The summed E-state index contributed by atoms with van der Waals surface area (Å²) in [6.07, 6.45) is 0. The van der Waals surface area contributed by atoms with Crippen LogP contribution >= 0.6 is 27.5 Å². The highest BCUT2D eigenvalue weighted by Crippen LogP contribution is 2.33. The van der Waals surface area contributed by atoms with Crippen molar-refractivity contribution in [2.24, 2.45) is 5.73 Å². The highest BCUT2D eigenvalue weighted by molar-refractivity contribution is 9.10. The summed E-state index contributed by atoms with van der Waals surface area (Å²) in [4.78, 5) is 0. The van der Waals surface area contributed by atoms with Crippen molar-refractivity contribution in [3.8, 4) is 11.5 Å². The largest absolute Gasteiger partial charge is 0.453 e. The third-order valence-corrected chi connectivity index (χ3v) is 3.40. The van der Waals surface area contributed by atoms with Crippen molar-refractivity contribution >= 4 is 27.5 Å². The first-order chi connectivity index (χ1) is 8.97. The summed E-state index contributed by atoms with van der Waals surface area (Å²) in [6, 6.07) is 9.56. The van der Waals surface area contributed by atoms with Gasteiger partial charge in [-0.2, -0.15) is 0 Å². The predicted octanol–water partition coefficient (Wildman–Crippen LogP) is 5.05. The zero-order valence-electron chi connectivity index (χ0n) is 10.2. The van der Waals surface area contributed by atoms with Crippen LogP contribution in [0.1, 0.15) is 18.5 Å². The molecule has 19 heavy (non-hydrogen) atoms. The first-order valence-corrected chi connectivity index (χ1v) is 6.82. The Morgan fingerprint density at radius 2 is 1.95 bits per heavy atom. The minimum atomic E-state index is -0.467. The molecule has 0 saturated carbocycles. The summed E-state index contributed by atoms with van der Waals surface area (Å²) >= 11 is 9.30. The molecule has 0 unspecified atom stereocenters. The maximum Gasteiger partial charge on any atom is 0.166 e. The van der Waals surface area contributed by atoms with Crippen LogP contribution in [0.5, 0.6) is 11.5 Å². The van der Waals surface area contributed by atoms with Crippen molar-refractivity contribution in [1.29, 1.82) is 0 Å². The van der Waals surface area contributed by atoms with E-state index >= 15 is 0 Å². The van der Waals surface area contributed by atoms with Gasteiger partial charge >= 0.3 is 0 Å². The molecule has 0 aliphatic carbocycles. The fourth-order valence-corrected chi connectivity index (χ4v) is 2.05. The van der Waals surface area contributed by atoms with Crippen LogP contribution in [-0.4, -0.2) is 0 Å². The molecular formula is C14H12BrClFNO. The number of hydrogen-bond donors (Lipinski definition) is 1. The molecule has 0 aromatic heterocycles. The molecule has 0 saturated heterocycles. The third kappa shape index (κ3) is 3.47. The smallest absolute Gasteiger partial charge is 0.166 e. The van der Waals surface area contributed by atoms with Crippen molar-refractivity contribution in [3.05, 3.63) is 57.3 Å². The Hall–Kier alpha value is -1.10. The number of hydrogen-bond acceptors (Lipinski definition) is 2. The zero-order valence-corrected chi connectivity index (χ0v) is 12.5. The highest BCUT2D eigenvalue weighted by atomic mass is 79.9. The lowest BCUT2D eigenvalue weighted by molar-refractivity contribution is 0.441. The molecule has 0 heterocycles. The van der Waals surface area contributed by atoms with E-state index in [4.69, 9.17) is 22.1 Å². The number of nitrogens with two attached hydrogens (primary N) is 1. The standard InChI is InChI=1S/C14H12BrClFNO/c1-8(18)9-2-5-13(12(17)6-9)19-14-7-10(15)3-4-11(14)16/h2-8H,18H2,1H3/t8-/m1/s1. The first kappa shape index (κ1) is 14.3. The number of halogens is 3. The Bertz CT molecular complexity index is 604. The molecule has 2 aromatic rings. The molecule has 0 spiro atoms. The Kier molecular flexibility index (Phi) is 4.45. The van der Waals surface area contributed by atoms with Gasteiger partial charge in [-0.15, -0.1) is 0 Å². The van der Waals surface area contributed by atoms with E-state index in [1.165, 1.54) is 6.07 Å². The van der Waals surface area contributed by atoms with Gasteiger partial charge in [0, 0.05) is 10.5 Å². The fraction of sp³-hybridized carbons (Fsp3) is 0.143. The summed E-state index contributed by atoms with van der Waals surface area (Å²) in [7, 11) is 0. The minimum Gasteiger partial charge on any atom is -0.453 e. The van der Waals surface area contributed by atoms with E-state index in [0.717, 1.165) is 4.47 Å². The molecule has 2 aromatic carbocycles. The molecular weight excluding hydrogens is 333 g/mol. The van der Waals surface area contributed by atoms with E-state index in [1.54, 1.807) is 37.3 Å². The lowest BCUT2D eigenvalue weighted by atomic mass is 10.1. The molecule has 5 heteroatoms. The Morgan fingerprint density at radius 1 is 1.21 bits per heavy atom. The molecule has 0 aliphatic rings. The molecule has 2 rings (SSSR count). The van der Waals surface area contributed by atoms with Crippen LogP contribution in [0.25, 0.3) is 0 Å². The second-order valence-corrected chi connectivity index (χ2v) is 5.48. The van der Waals surface area contributed by atoms with Gasteiger partial charge in [0.1, 0.15) is 5.75 Å². The van der Waals surface area contributed by atoms with Crippen molar-refractivity contribution in [2.75, 3.05) is 0 Å². The van der Waals surface area contributed by atoms with Crippen LogP contribution in [0, 0.1) is 5.82 Å². The van der Waals surface area contributed by atoms with Crippen LogP contribution in [0.4, 0.5) is 4.39 Å². The number of ether oxygens (including phenoxy) is 1. The Morgan fingerprint density at radius 3 is 2.58 bits per heavy atom. The van der Waals surface area contributed by atoms with Crippen LogP contribution in [0.15, 0.2) is 40.9 Å². The molecule has 100 valence electrons. The molecule has 0 amide bonds. The predicted molar refractivity (Wildman–Crippen MR) is 78.2 cm³/mol. The van der Waals surface area contributed by atoms with Crippen molar-refractivity contribution < 1.29 is 9.13 Å². The van der Waals surface area contributed by atoms with Gasteiger partial charge in [0.05, 0.1) is 5.02 Å². The van der Waals surface area contributed by atoms with Crippen LogP contribution < -0.4 is 10.5 Å². The topological polar surface area (TPSA) is 35.2 Å². The lowest BCUT2D eigenvalue weighted by Crippen LogP contribution is -2.05. The summed E-state index contributed by atoms with van der Waals surface area (Å²) in [5.74, 6) is 0.0405. The summed E-state index contributed by atoms with van der Waals surface area (Å²) in [6.45, 7) is 1.79. The second-order valence-electron chi connectivity index (χ2n) is 4.16. The SMILES string of the molecule is C[C@@H](N)c1ccc(Oc2cc(Br)ccc2Cl)c(F)c1. The minimum absolute atomic E-state index is 0.115. The molecule has 0 radical (unpaired) electrons. The van der Waals surface area contributed by atoms with Gasteiger partial charge in [-0.05, 0) is 42.8 Å². The molecule has 2 N–H and O–H groups in total. The van der Waals surface area contributed by atoms with Gasteiger partial charge in [-0.1, -0.05) is 33.6 Å². The van der Waals surface area contributed by atoms with Crippen molar-refractivity contribution in [2.45, 2.75) is 13.0 Å². The van der Waals surface area contributed by atoms with E-state index in [2.05, 4.69) is 15.9 Å². The van der Waals surface area contributed by atoms with E-state index in [-0.39, 0.29) is 11.8 Å². The molecule has 0 bridgehead atoms. The van der Waals surface area contributed by atoms with Gasteiger partial charge in [-0.3, -0.25) is 0 Å². The van der Waals surface area contributed by atoms with Crippen LogP contribution in [-0.2, 0) is 0 Å². The van der Waals surface area contributed by atoms with E-state index < -0.39 is 5.82 Å². The first-order valence-electron chi connectivity index (χ1n) is 5.65. The van der Waals surface area contributed by atoms with Crippen LogP contribution in [0.2, 0.25) is 5.02 Å². The Balaban J connectivity index is 2.31. The summed E-state index contributed by atoms with van der Waals surface area (Å²) in [5.41, 5.74) is 6.41. The van der Waals surface area contributed by atoms with Gasteiger partial charge in [0.15, 0.2) is 11.6 Å². The van der Waals surface area contributed by atoms with Gasteiger partial charge in [-0.25, -0.2) is 4.39 Å². The van der Waals surface area contributed by atoms with E-state index in [9.17, 15) is 4.39 Å². The zero-order chi connectivity index (χ0) is 14.0.